The summed E-state index contributed by atoms with van der Waals surface area (Å²) in [6.07, 6.45) is 0.858. The summed E-state index contributed by atoms with van der Waals surface area (Å²) >= 11 is 0. The van der Waals surface area contributed by atoms with Crippen molar-refractivity contribution >= 4 is 14.2 Å². The normalized spacial score (nSPS) is 19.9. The van der Waals surface area contributed by atoms with Gasteiger partial charge in [0.25, 0.3) is 0 Å². The molecule has 0 saturated carbocycles. The van der Waals surface area contributed by atoms with Crippen molar-refractivity contribution in [2.45, 2.75) is 51.2 Å². The van der Waals surface area contributed by atoms with Crippen LogP contribution in [-0.2, 0) is 4.79 Å². The Kier molecular flexibility index (Phi) is 3.96. The molecule has 1 N–H and O–H groups in total. The summed E-state index contributed by atoms with van der Waals surface area (Å²) < 4.78 is 6.42. The van der Waals surface area contributed by atoms with Gasteiger partial charge in [-0.3, -0.25) is 4.79 Å². The van der Waals surface area contributed by atoms with E-state index in [0.717, 1.165) is 24.3 Å². The molecule has 1 atom stereocenters. The van der Waals surface area contributed by atoms with Gasteiger partial charge >= 0.3 is 0 Å². The van der Waals surface area contributed by atoms with Crippen LogP contribution in [0.4, 0.5) is 0 Å². The summed E-state index contributed by atoms with van der Waals surface area (Å²) in [5.41, 5.74) is 1.03. The van der Waals surface area contributed by atoms with Gasteiger partial charge in [-0.25, -0.2) is 0 Å². The van der Waals surface area contributed by atoms with Crippen molar-refractivity contribution in [3.8, 4) is 5.75 Å². The molecule has 1 aliphatic heterocycles. The second-order valence-electron chi connectivity index (χ2n) is 7.03. The molecule has 0 spiro atoms. The van der Waals surface area contributed by atoms with E-state index >= 15 is 0 Å². The average Bonchev–Trinajstić information content (AvgIpc) is 2.74. The number of nitrogens with one attached hydrogen (secondary N) is 1. The third kappa shape index (κ3) is 2.90. The van der Waals surface area contributed by atoms with Crippen LogP contribution in [0.15, 0.2) is 24.3 Å². The van der Waals surface area contributed by atoms with Crippen LogP contribution in [0.3, 0.4) is 0 Å². The maximum absolute atomic E-state index is 11.9. The van der Waals surface area contributed by atoms with Crippen molar-refractivity contribution in [3.05, 3.63) is 29.8 Å². The molecule has 1 aliphatic rings. The third-order valence-electron chi connectivity index (χ3n) is 4.51. The number of carbonyl (C=O) groups is 1. The lowest BCUT2D eigenvalue weighted by Crippen LogP contribution is -2.44. The minimum absolute atomic E-state index is 0.0593. The van der Waals surface area contributed by atoms with Crippen molar-refractivity contribution in [1.82, 2.24) is 5.32 Å². The van der Waals surface area contributed by atoms with Gasteiger partial charge in [-0.05, 0) is 30.6 Å². The first-order chi connectivity index (χ1) is 9.22. The minimum Gasteiger partial charge on any atom is -0.543 e. The second-order valence-corrected chi connectivity index (χ2v) is 11.8. The molecule has 4 heteroatoms. The molecule has 1 amide bonds. The van der Waals surface area contributed by atoms with Crippen LogP contribution < -0.4 is 9.74 Å². The summed E-state index contributed by atoms with van der Waals surface area (Å²) in [6.45, 7) is 11.9. The molecule has 0 aromatic heterocycles. The largest absolute Gasteiger partial charge is 0.543 e. The van der Waals surface area contributed by atoms with Crippen molar-refractivity contribution in [2.24, 2.45) is 0 Å². The van der Waals surface area contributed by atoms with E-state index in [4.69, 9.17) is 4.43 Å². The van der Waals surface area contributed by atoms with Gasteiger partial charge in [-0.1, -0.05) is 39.0 Å². The molecule has 0 radical (unpaired) electrons. The fraction of sp³-hybridized carbons (Fsp3) is 0.562. The van der Waals surface area contributed by atoms with Crippen molar-refractivity contribution in [2.75, 3.05) is 6.54 Å². The highest BCUT2D eigenvalue weighted by Gasteiger charge is 2.40. The highest BCUT2D eigenvalue weighted by molar-refractivity contribution is 6.74. The van der Waals surface area contributed by atoms with Crippen molar-refractivity contribution in [3.63, 3.8) is 0 Å². The van der Waals surface area contributed by atoms with E-state index in [2.05, 4.69) is 39.2 Å². The summed E-state index contributed by atoms with van der Waals surface area (Å²) in [5.74, 6) is 0.952. The SMILES string of the molecule is CC(C)(C)[Si](C)(C)Oc1ccccc1C1CCNC1=O. The average molecular weight is 291 g/mol. The summed E-state index contributed by atoms with van der Waals surface area (Å²) in [7, 11) is -1.88. The maximum atomic E-state index is 11.9. The Labute approximate surface area is 122 Å². The Bertz CT molecular complexity index is 505. The molecule has 0 bridgehead atoms. The highest BCUT2D eigenvalue weighted by Crippen LogP contribution is 2.40. The predicted octanol–water partition coefficient (Wildman–Crippen LogP) is 3.67. The Morgan fingerprint density at radius 1 is 1.25 bits per heavy atom. The molecule has 1 heterocycles. The molecular weight excluding hydrogens is 266 g/mol. The fourth-order valence-electron chi connectivity index (χ4n) is 2.18. The highest BCUT2D eigenvalue weighted by atomic mass is 28.4. The number of carbonyl (C=O) groups excluding carboxylic acids is 1. The Morgan fingerprint density at radius 2 is 1.90 bits per heavy atom. The Morgan fingerprint density at radius 3 is 2.45 bits per heavy atom. The number of benzene rings is 1. The lowest BCUT2D eigenvalue weighted by atomic mass is 9.97. The summed E-state index contributed by atoms with van der Waals surface area (Å²) in [6, 6.07) is 8.00. The fourth-order valence-corrected chi connectivity index (χ4v) is 3.22. The molecular formula is C16H25NO2Si. The van der Waals surface area contributed by atoms with E-state index in [-0.39, 0.29) is 16.9 Å². The topological polar surface area (TPSA) is 38.3 Å². The zero-order valence-corrected chi connectivity index (χ0v) is 14.1. The monoisotopic (exact) mass is 291 g/mol. The van der Waals surface area contributed by atoms with Crippen LogP contribution in [0.2, 0.25) is 18.1 Å². The van der Waals surface area contributed by atoms with Gasteiger partial charge in [-0.15, -0.1) is 0 Å². The molecule has 20 heavy (non-hydrogen) atoms. The maximum Gasteiger partial charge on any atom is 0.250 e. The molecule has 1 unspecified atom stereocenters. The third-order valence-corrected chi connectivity index (χ3v) is 8.86. The van der Waals surface area contributed by atoms with Gasteiger partial charge in [0.15, 0.2) is 0 Å². The van der Waals surface area contributed by atoms with Gasteiger partial charge in [0.2, 0.25) is 14.2 Å². The van der Waals surface area contributed by atoms with Crippen LogP contribution >= 0.6 is 0 Å². The van der Waals surface area contributed by atoms with E-state index in [0.29, 0.717) is 0 Å². The number of rotatable bonds is 3. The van der Waals surface area contributed by atoms with Crippen molar-refractivity contribution < 1.29 is 9.22 Å². The first-order valence-electron chi connectivity index (χ1n) is 7.28. The smallest absolute Gasteiger partial charge is 0.250 e. The van der Waals surface area contributed by atoms with E-state index in [1.54, 1.807) is 0 Å². The van der Waals surface area contributed by atoms with Crippen LogP contribution in [-0.4, -0.2) is 20.8 Å². The molecule has 1 fully saturated rings. The second kappa shape index (κ2) is 5.24. The number of amides is 1. The molecule has 3 nitrogen and oxygen atoms in total. The zero-order valence-electron chi connectivity index (χ0n) is 13.1. The van der Waals surface area contributed by atoms with Gasteiger partial charge in [0.05, 0.1) is 5.92 Å². The van der Waals surface area contributed by atoms with Crippen LogP contribution in [0.5, 0.6) is 5.75 Å². The predicted molar refractivity (Wildman–Crippen MR) is 84.6 cm³/mol. The van der Waals surface area contributed by atoms with Crippen LogP contribution in [0.1, 0.15) is 38.7 Å². The molecule has 1 aromatic carbocycles. The lowest BCUT2D eigenvalue weighted by molar-refractivity contribution is -0.120. The first kappa shape index (κ1) is 15.1. The molecule has 110 valence electrons. The van der Waals surface area contributed by atoms with Gasteiger partial charge in [0, 0.05) is 12.1 Å². The van der Waals surface area contributed by atoms with E-state index in [9.17, 15) is 4.79 Å². The number of hydrogen-bond donors (Lipinski definition) is 1. The molecule has 1 saturated heterocycles. The van der Waals surface area contributed by atoms with E-state index in [1.165, 1.54) is 0 Å². The Hall–Kier alpha value is -1.29. The number of hydrogen-bond acceptors (Lipinski definition) is 2. The summed E-state index contributed by atoms with van der Waals surface area (Å²) in [5, 5.41) is 3.06. The molecule has 2 rings (SSSR count). The van der Waals surface area contributed by atoms with E-state index in [1.807, 2.05) is 24.3 Å². The van der Waals surface area contributed by atoms with Gasteiger partial charge in [-0.2, -0.15) is 0 Å². The standard InChI is InChI=1S/C16H25NO2Si/c1-16(2,3)20(4,5)19-14-9-7-6-8-12(14)13-10-11-17-15(13)18/h6-9,13H,10-11H2,1-5H3,(H,17,18). The van der Waals surface area contributed by atoms with Gasteiger partial charge in [0.1, 0.15) is 5.75 Å². The van der Waals surface area contributed by atoms with Crippen LogP contribution in [0, 0.1) is 0 Å². The quantitative estimate of drug-likeness (QED) is 0.863. The first-order valence-corrected chi connectivity index (χ1v) is 10.2. The zero-order chi connectivity index (χ0) is 15.0. The molecule has 0 aliphatic carbocycles. The minimum atomic E-state index is -1.88. The van der Waals surface area contributed by atoms with Crippen LogP contribution in [0.25, 0.3) is 0 Å². The van der Waals surface area contributed by atoms with E-state index < -0.39 is 8.32 Å². The van der Waals surface area contributed by atoms with Crippen molar-refractivity contribution in [1.29, 1.82) is 0 Å². The van der Waals surface area contributed by atoms with Gasteiger partial charge < -0.3 is 9.74 Å². The Balaban J connectivity index is 2.31. The number of para-hydroxylation sites is 1. The lowest BCUT2D eigenvalue weighted by Gasteiger charge is -2.37. The summed E-state index contributed by atoms with van der Waals surface area (Å²) in [4.78, 5) is 11.9. The molecule has 1 aromatic rings.